The molecule has 0 aromatic carbocycles. The van der Waals surface area contributed by atoms with Gasteiger partial charge in [-0.2, -0.15) is 11.3 Å². The molecule has 2 heteroatoms. The second kappa shape index (κ2) is 3.54. The molecule has 1 rings (SSSR count). The molecule has 0 saturated carbocycles. The van der Waals surface area contributed by atoms with Crippen LogP contribution in [0.5, 0.6) is 0 Å². The second-order valence-electron chi connectivity index (χ2n) is 2.27. The van der Waals surface area contributed by atoms with E-state index in [-0.39, 0.29) is 6.04 Å². The molecular weight excluding hydrogens is 142 g/mol. The lowest BCUT2D eigenvalue weighted by atomic mass is 10.2. The number of hydrogen-bond acceptors (Lipinski definition) is 2. The average Bonchev–Trinajstić information content (AvgIpc) is 2.34. The van der Waals surface area contributed by atoms with Crippen LogP contribution < -0.4 is 5.73 Å². The smallest absolute Gasteiger partial charge is 0.0198 e. The molecule has 1 atom stereocenters. The Morgan fingerprint density at radius 1 is 1.70 bits per heavy atom. The van der Waals surface area contributed by atoms with E-state index in [1.54, 1.807) is 11.3 Å². The number of hydrogen-bond donors (Lipinski definition) is 1. The van der Waals surface area contributed by atoms with Gasteiger partial charge in [0.05, 0.1) is 0 Å². The lowest BCUT2D eigenvalue weighted by molar-refractivity contribution is 0.931. The Bertz CT molecular complexity index is 199. The first-order valence-electron chi connectivity index (χ1n) is 3.25. The fourth-order valence-corrected chi connectivity index (χ4v) is 1.26. The van der Waals surface area contributed by atoms with Crippen molar-refractivity contribution < 1.29 is 0 Å². The third-order valence-electron chi connectivity index (χ3n) is 1.14. The summed E-state index contributed by atoms with van der Waals surface area (Å²) in [7, 11) is 0. The largest absolute Gasteiger partial charge is 0.325 e. The van der Waals surface area contributed by atoms with E-state index in [9.17, 15) is 0 Å². The maximum absolute atomic E-state index is 5.53. The minimum Gasteiger partial charge on any atom is -0.325 e. The van der Waals surface area contributed by atoms with Crippen LogP contribution in [0, 0.1) is 0 Å². The lowest BCUT2D eigenvalue weighted by Gasteiger charge is -1.91. The molecular formula is C8H11NS. The lowest BCUT2D eigenvalue weighted by Crippen LogP contribution is -2.09. The van der Waals surface area contributed by atoms with Gasteiger partial charge in [0.1, 0.15) is 0 Å². The monoisotopic (exact) mass is 153 g/mol. The van der Waals surface area contributed by atoms with Crippen LogP contribution >= 0.6 is 11.3 Å². The van der Waals surface area contributed by atoms with Crippen molar-refractivity contribution in [1.29, 1.82) is 0 Å². The van der Waals surface area contributed by atoms with Crippen molar-refractivity contribution in [2.24, 2.45) is 5.73 Å². The van der Waals surface area contributed by atoms with Gasteiger partial charge in [0, 0.05) is 6.04 Å². The predicted octanol–water partition coefficient (Wildman–Crippen LogP) is 2.11. The van der Waals surface area contributed by atoms with Gasteiger partial charge in [-0.15, -0.1) is 0 Å². The molecule has 0 aliphatic carbocycles. The van der Waals surface area contributed by atoms with Crippen molar-refractivity contribution in [3.63, 3.8) is 0 Å². The third-order valence-corrected chi connectivity index (χ3v) is 1.84. The zero-order chi connectivity index (χ0) is 7.40. The fourth-order valence-electron chi connectivity index (χ4n) is 0.633. The van der Waals surface area contributed by atoms with Gasteiger partial charge in [0.25, 0.3) is 0 Å². The molecule has 0 aliphatic heterocycles. The van der Waals surface area contributed by atoms with Gasteiger partial charge in [0.2, 0.25) is 0 Å². The highest BCUT2D eigenvalue weighted by Gasteiger charge is 1.86. The molecule has 0 amide bonds. The molecule has 10 heavy (non-hydrogen) atoms. The molecule has 0 aliphatic rings. The average molecular weight is 153 g/mol. The first-order valence-corrected chi connectivity index (χ1v) is 4.19. The highest BCUT2D eigenvalue weighted by atomic mass is 32.1. The summed E-state index contributed by atoms with van der Waals surface area (Å²) < 4.78 is 0. The summed E-state index contributed by atoms with van der Waals surface area (Å²) >= 11 is 1.70. The van der Waals surface area contributed by atoms with Crippen molar-refractivity contribution in [1.82, 2.24) is 0 Å². The van der Waals surface area contributed by atoms with Crippen molar-refractivity contribution in [3.8, 4) is 0 Å². The van der Waals surface area contributed by atoms with E-state index in [0.29, 0.717) is 0 Å². The van der Waals surface area contributed by atoms with Crippen molar-refractivity contribution in [3.05, 3.63) is 28.5 Å². The number of nitrogens with two attached hydrogens (primary N) is 1. The van der Waals surface area contributed by atoms with Gasteiger partial charge in [-0.3, -0.25) is 0 Å². The highest BCUT2D eigenvalue weighted by molar-refractivity contribution is 7.08. The number of thiophene rings is 1. The summed E-state index contributed by atoms with van der Waals surface area (Å²) in [6.07, 6.45) is 4.03. The molecule has 0 spiro atoms. The van der Waals surface area contributed by atoms with Gasteiger partial charge < -0.3 is 5.73 Å². The molecule has 1 unspecified atom stereocenters. The minimum atomic E-state index is 0.153. The zero-order valence-electron chi connectivity index (χ0n) is 5.95. The van der Waals surface area contributed by atoms with Crippen LogP contribution in [0.4, 0.5) is 0 Å². The van der Waals surface area contributed by atoms with Gasteiger partial charge in [-0.05, 0) is 29.3 Å². The predicted molar refractivity (Wildman–Crippen MR) is 47.0 cm³/mol. The summed E-state index contributed by atoms with van der Waals surface area (Å²) in [5, 5.41) is 4.15. The maximum atomic E-state index is 5.53. The van der Waals surface area contributed by atoms with Crippen LogP contribution in [0.15, 0.2) is 22.9 Å². The molecule has 0 radical (unpaired) electrons. The highest BCUT2D eigenvalue weighted by Crippen LogP contribution is 2.07. The second-order valence-corrected chi connectivity index (χ2v) is 3.05. The molecule has 0 fully saturated rings. The van der Waals surface area contributed by atoms with Crippen LogP contribution in [-0.4, -0.2) is 6.04 Å². The van der Waals surface area contributed by atoms with E-state index < -0.39 is 0 Å². The van der Waals surface area contributed by atoms with Crippen LogP contribution in [0.2, 0.25) is 0 Å². The quantitative estimate of drug-likeness (QED) is 0.692. The van der Waals surface area contributed by atoms with Crippen LogP contribution in [0.1, 0.15) is 12.5 Å². The van der Waals surface area contributed by atoms with Gasteiger partial charge in [-0.1, -0.05) is 12.2 Å². The van der Waals surface area contributed by atoms with Crippen LogP contribution in [0.3, 0.4) is 0 Å². The summed E-state index contributed by atoms with van der Waals surface area (Å²) in [4.78, 5) is 0. The minimum absolute atomic E-state index is 0.153. The normalized spacial score (nSPS) is 14.2. The molecule has 1 aromatic heterocycles. The van der Waals surface area contributed by atoms with Crippen LogP contribution in [0.25, 0.3) is 6.08 Å². The zero-order valence-corrected chi connectivity index (χ0v) is 6.77. The van der Waals surface area contributed by atoms with E-state index in [1.807, 2.05) is 19.1 Å². The maximum Gasteiger partial charge on any atom is 0.0198 e. The Morgan fingerprint density at radius 3 is 3.00 bits per heavy atom. The molecule has 54 valence electrons. The van der Waals surface area contributed by atoms with E-state index in [1.165, 1.54) is 5.56 Å². The summed E-state index contributed by atoms with van der Waals surface area (Å²) in [6.45, 7) is 1.96. The summed E-state index contributed by atoms with van der Waals surface area (Å²) in [5.41, 5.74) is 6.76. The molecule has 0 bridgehead atoms. The Kier molecular flexibility index (Phi) is 2.66. The Hall–Kier alpha value is -0.600. The van der Waals surface area contributed by atoms with Crippen LogP contribution in [-0.2, 0) is 0 Å². The first kappa shape index (κ1) is 7.51. The molecule has 0 saturated heterocycles. The van der Waals surface area contributed by atoms with Gasteiger partial charge in [-0.25, -0.2) is 0 Å². The van der Waals surface area contributed by atoms with E-state index in [4.69, 9.17) is 5.73 Å². The van der Waals surface area contributed by atoms with Crippen molar-refractivity contribution >= 4 is 17.4 Å². The summed E-state index contributed by atoms with van der Waals surface area (Å²) in [6, 6.07) is 2.23. The SMILES string of the molecule is CC(N)/C=C/c1ccsc1. The van der Waals surface area contributed by atoms with E-state index in [0.717, 1.165) is 0 Å². The Labute approximate surface area is 65.2 Å². The summed E-state index contributed by atoms with van der Waals surface area (Å²) in [5.74, 6) is 0. The molecule has 1 heterocycles. The Balaban J connectivity index is 2.55. The molecule has 1 aromatic rings. The van der Waals surface area contributed by atoms with Crippen molar-refractivity contribution in [2.45, 2.75) is 13.0 Å². The number of rotatable bonds is 2. The van der Waals surface area contributed by atoms with Gasteiger partial charge >= 0.3 is 0 Å². The van der Waals surface area contributed by atoms with E-state index in [2.05, 4.69) is 16.8 Å². The van der Waals surface area contributed by atoms with Crippen molar-refractivity contribution in [2.75, 3.05) is 0 Å². The third kappa shape index (κ3) is 2.33. The van der Waals surface area contributed by atoms with Gasteiger partial charge in [0.15, 0.2) is 0 Å². The molecule has 2 N–H and O–H groups in total. The Morgan fingerprint density at radius 2 is 2.50 bits per heavy atom. The molecule has 1 nitrogen and oxygen atoms in total. The topological polar surface area (TPSA) is 26.0 Å². The standard InChI is InChI=1S/C8H11NS/c1-7(9)2-3-8-4-5-10-6-8/h2-7H,9H2,1H3/b3-2+. The van der Waals surface area contributed by atoms with E-state index >= 15 is 0 Å². The fraction of sp³-hybridized carbons (Fsp3) is 0.250. The first-order chi connectivity index (χ1) is 4.79.